The largest absolute Gasteiger partial charge is 0.395 e. The molecule has 4 nitrogen and oxygen atoms in total. The van der Waals surface area contributed by atoms with Crippen LogP contribution in [0.25, 0.3) is 0 Å². The maximum absolute atomic E-state index is 10.9. The van der Waals surface area contributed by atoms with E-state index >= 15 is 0 Å². The molecule has 0 fully saturated rings. The van der Waals surface area contributed by atoms with Gasteiger partial charge in [0.25, 0.3) is 0 Å². The Kier molecular flexibility index (Phi) is 8.05. The van der Waals surface area contributed by atoms with Gasteiger partial charge in [-0.15, -0.1) is 0 Å². The number of aliphatic hydroxyl groups is 1. The summed E-state index contributed by atoms with van der Waals surface area (Å²) >= 11 is 0. The Hall–Kier alpha value is -0.610. The average molecular weight is 174 g/mol. The van der Waals surface area contributed by atoms with E-state index in [9.17, 15) is 4.79 Å². The van der Waals surface area contributed by atoms with Crippen molar-refractivity contribution in [1.29, 1.82) is 0 Å². The fourth-order valence-electron chi connectivity index (χ4n) is 0.748. The zero-order valence-corrected chi connectivity index (χ0v) is 7.60. The van der Waals surface area contributed by atoms with E-state index in [0.717, 1.165) is 19.4 Å². The van der Waals surface area contributed by atoms with E-state index in [2.05, 4.69) is 17.6 Å². The average Bonchev–Trinajstić information content (AvgIpc) is 2.06. The first-order valence-corrected chi connectivity index (χ1v) is 4.39. The molecule has 1 amide bonds. The summed E-state index contributed by atoms with van der Waals surface area (Å²) in [4.78, 5) is 10.9. The number of aliphatic hydroxyl groups excluding tert-OH is 1. The van der Waals surface area contributed by atoms with Crippen molar-refractivity contribution >= 4 is 5.91 Å². The highest BCUT2D eigenvalue weighted by Crippen LogP contribution is 1.81. The van der Waals surface area contributed by atoms with Gasteiger partial charge in [0, 0.05) is 13.1 Å². The Labute approximate surface area is 73.3 Å². The molecule has 0 aromatic heterocycles. The summed E-state index contributed by atoms with van der Waals surface area (Å²) < 4.78 is 0. The first kappa shape index (κ1) is 11.4. The van der Waals surface area contributed by atoms with E-state index in [1.54, 1.807) is 0 Å². The molecule has 0 aliphatic rings. The van der Waals surface area contributed by atoms with Gasteiger partial charge in [0.2, 0.25) is 5.91 Å². The summed E-state index contributed by atoms with van der Waals surface area (Å²) in [7, 11) is 0. The van der Waals surface area contributed by atoms with Gasteiger partial charge >= 0.3 is 0 Å². The monoisotopic (exact) mass is 174 g/mol. The second kappa shape index (κ2) is 8.49. The first-order valence-electron chi connectivity index (χ1n) is 4.39. The van der Waals surface area contributed by atoms with Crippen LogP contribution in [-0.4, -0.2) is 37.3 Å². The number of hydrogen-bond acceptors (Lipinski definition) is 3. The molecule has 0 saturated heterocycles. The fourth-order valence-corrected chi connectivity index (χ4v) is 0.748. The van der Waals surface area contributed by atoms with Crippen LogP contribution in [0, 0.1) is 0 Å². The van der Waals surface area contributed by atoms with Crippen LogP contribution in [0.5, 0.6) is 0 Å². The van der Waals surface area contributed by atoms with Crippen LogP contribution >= 0.6 is 0 Å². The van der Waals surface area contributed by atoms with Crippen LogP contribution in [0.1, 0.15) is 19.8 Å². The Morgan fingerprint density at radius 1 is 1.42 bits per heavy atom. The molecule has 0 unspecified atom stereocenters. The molecular formula is C8H18N2O2. The molecule has 0 heterocycles. The molecular weight excluding hydrogens is 156 g/mol. The van der Waals surface area contributed by atoms with Crippen molar-refractivity contribution in [2.75, 3.05) is 26.2 Å². The lowest BCUT2D eigenvalue weighted by Gasteiger charge is -2.04. The normalized spacial score (nSPS) is 9.83. The summed E-state index contributed by atoms with van der Waals surface area (Å²) in [5.41, 5.74) is 0. The lowest BCUT2D eigenvalue weighted by Crippen LogP contribution is -2.35. The number of nitrogens with one attached hydrogen (secondary N) is 2. The summed E-state index contributed by atoms with van der Waals surface area (Å²) in [5, 5.41) is 14.0. The molecule has 0 spiro atoms. The second-order valence-corrected chi connectivity index (χ2v) is 2.60. The number of hydrogen-bond donors (Lipinski definition) is 3. The Bertz CT molecular complexity index is 106. The van der Waals surface area contributed by atoms with Crippen LogP contribution in [0.15, 0.2) is 0 Å². The lowest BCUT2D eigenvalue weighted by atomic mass is 10.3. The van der Waals surface area contributed by atoms with E-state index in [1.807, 2.05) is 0 Å². The van der Waals surface area contributed by atoms with E-state index in [-0.39, 0.29) is 12.5 Å². The molecule has 0 aliphatic carbocycles. The van der Waals surface area contributed by atoms with Crippen LogP contribution in [0.3, 0.4) is 0 Å². The van der Waals surface area contributed by atoms with Gasteiger partial charge in [0.05, 0.1) is 13.2 Å². The second-order valence-electron chi connectivity index (χ2n) is 2.60. The molecule has 0 radical (unpaired) electrons. The third kappa shape index (κ3) is 7.50. The van der Waals surface area contributed by atoms with Crippen LogP contribution < -0.4 is 10.6 Å². The van der Waals surface area contributed by atoms with Gasteiger partial charge < -0.3 is 15.7 Å². The van der Waals surface area contributed by atoms with E-state index in [1.165, 1.54) is 0 Å². The highest BCUT2D eigenvalue weighted by Gasteiger charge is 1.97. The first-order chi connectivity index (χ1) is 5.81. The lowest BCUT2D eigenvalue weighted by molar-refractivity contribution is -0.120. The molecule has 0 aliphatic heterocycles. The number of amides is 1. The van der Waals surface area contributed by atoms with Gasteiger partial charge in [-0.3, -0.25) is 4.79 Å². The van der Waals surface area contributed by atoms with Crippen LogP contribution in [0.2, 0.25) is 0 Å². The molecule has 4 heteroatoms. The van der Waals surface area contributed by atoms with E-state index < -0.39 is 0 Å². The zero-order chi connectivity index (χ0) is 9.23. The van der Waals surface area contributed by atoms with Gasteiger partial charge in [0.15, 0.2) is 0 Å². The Morgan fingerprint density at radius 2 is 2.17 bits per heavy atom. The van der Waals surface area contributed by atoms with Crippen molar-refractivity contribution in [2.45, 2.75) is 19.8 Å². The van der Waals surface area contributed by atoms with Crippen molar-refractivity contribution in [2.24, 2.45) is 0 Å². The molecule has 0 saturated carbocycles. The van der Waals surface area contributed by atoms with E-state index in [4.69, 9.17) is 5.11 Å². The Balaban J connectivity index is 3.10. The number of carbonyl (C=O) groups excluding carboxylic acids is 1. The Morgan fingerprint density at radius 3 is 2.75 bits per heavy atom. The highest BCUT2D eigenvalue weighted by molar-refractivity contribution is 5.77. The van der Waals surface area contributed by atoms with Crippen molar-refractivity contribution in [1.82, 2.24) is 10.6 Å². The maximum atomic E-state index is 10.9. The summed E-state index contributed by atoms with van der Waals surface area (Å²) in [5.74, 6) is -0.00287. The maximum Gasteiger partial charge on any atom is 0.233 e. The molecule has 72 valence electrons. The molecule has 0 atom stereocenters. The number of rotatable bonds is 7. The third-order valence-electron chi connectivity index (χ3n) is 1.43. The minimum atomic E-state index is -0.00287. The summed E-state index contributed by atoms with van der Waals surface area (Å²) in [6, 6.07) is 0. The standard InChI is InChI=1S/C8H18N2O2/c1-2-3-4-10-8(12)7-9-5-6-11/h9,11H,2-7H2,1H3,(H,10,12). The smallest absolute Gasteiger partial charge is 0.233 e. The molecule has 0 aromatic rings. The van der Waals surface area contributed by atoms with Gasteiger partial charge in [-0.05, 0) is 6.42 Å². The minimum absolute atomic E-state index is 0.00287. The van der Waals surface area contributed by atoms with Crippen molar-refractivity contribution in [3.63, 3.8) is 0 Å². The van der Waals surface area contributed by atoms with Gasteiger partial charge in [0.1, 0.15) is 0 Å². The topological polar surface area (TPSA) is 61.4 Å². The minimum Gasteiger partial charge on any atom is -0.395 e. The molecule has 12 heavy (non-hydrogen) atoms. The van der Waals surface area contributed by atoms with Crippen molar-refractivity contribution in [3.8, 4) is 0 Å². The SMILES string of the molecule is CCCCNC(=O)CNCCO. The number of carbonyl (C=O) groups is 1. The van der Waals surface area contributed by atoms with Crippen LogP contribution in [0.4, 0.5) is 0 Å². The van der Waals surface area contributed by atoms with Gasteiger partial charge in [-0.25, -0.2) is 0 Å². The zero-order valence-electron chi connectivity index (χ0n) is 7.60. The van der Waals surface area contributed by atoms with Crippen LogP contribution in [-0.2, 0) is 4.79 Å². The van der Waals surface area contributed by atoms with Crippen molar-refractivity contribution < 1.29 is 9.90 Å². The highest BCUT2D eigenvalue weighted by atomic mass is 16.3. The van der Waals surface area contributed by atoms with Gasteiger partial charge in [-0.1, -0.05) is 13.3 Å². The predicted octanol–water partition coefficient (Wildman–Crippen LogP) is -0.515. The fraction of sp³-hybridized carbons (Fsp3) is 0.875. The summed E-state index contributed by atoms with van der Waals surface area (Å²) in [6.07, 6.45) is 2.11. The third-order valence-corrected chi connectivity index (χ3v) is 1.43. The molecule has 0 aromatic carbocycles. The molecule has 3 N–H and O–H groups in total. The summed E-state index contributed by atoms with van der Waals surface area (Å²) in [6.45, 7) is 3.67. The van der Waals surface area contributed by atoms with Crippen molar-refractivity contribution in [3.05, 3.63) is 0 Å². The van der Waals surface area contributed by atoms with Gasteiger partial charge in [-0.2, -0.15) is 0 Å². The molecule has 0 rings (SSSR count). The predicted molar refractivity (Wildman–Crippen MR) is 47.9 cm³/mol. The van der Waals surface area contributed by atoms with E-state index in [0.29, 0.717) is 13.1 Å². The molecule has 0 bridgehead atoms. The quantitative estimate of drug-likeness (QED) is 0.455. The number of unbranched alkanes of at least 4 members (excludes halogenated alkanes) is 1.